The zero-order valence-electron chi connectivity index (χ0n) is 9.65. The van der Waals surface area contributed by atoms with Crippen LogP contribution in [0.2, 0.25) is 0 Å². The molecule has 1 aromatic rings. The SMILES string of the molecule is COc1ccccc1CCNS(=O)(=O)CCCl. The maximum Gasteiger partial charge on any atom is 0.212 e. The van der Waals surface area contributed by atoms with Gasteiger partial charge in [-0.2, -0.15) is 0 Å². The first-order valence-electron chi connectivity index (χ1n) is 5.24. The molecule has 0 saturated carbocycles. The van der Waals surface area contributed by atoms with Gasteiger partial charge in [0.15, 0.2) is 0 Å². The predicted octanol–water partition coefficient (Wildman–Crippen LogP) is 1.40. The van der Waals surface area contributed by atoms with Crippen LogP contribution in [0.15, 0.2) is 24.3 Å². The van der Waals surface area contributed by atoms with E-state index in [1.165, 1.54) is 0 Å². The minimum absolute atomic E-state index is 0.0551. The molecule has 0 unspecified atom stereocenters. The fraction of sp³-hybridized carbons (Fsp3) is 0.455. The van der Waals surface area contributed by atoms with Crippen molar-refractivity contribution in [1.29, 1.82) is 0 Å². The van der Waals surface area contributed by atoms with Crippen LogP contribution in [0.4, 0.5) is 0 Å². The van der Waals surface area contributed by atoms with Crippen molar-refractivity contribution >= 4 is 21.6 Å². The number of alkyl halides is 1. The molecule has 0 spiro atoms. The van der Waals surface area contributed by atoms with E-state index < -0.39 is 10.0 Å². The molecular weight excluding hydrogens is 262 g/mol. The van der Waals surface area contributed by atoms with E-state index in [1.54, 1.807) is 7.11 Å². The summed E-state index contributed by atoms with van der Waals surface area (Å²) >= 11 is 5.39. The molecule has 0 radical (unpaired) electrons. The van der Waals surface area contributed by atoms with Crippen LogP contribution < -0.4 is 9.46 Å². The first-order chi connectivity index (χ1) is 8.09. The average molecular weight is 278 g/mol. The Morgan fingerprint density at radius 2 is 2.06 bits per heavy atom. The number of nitrogens with one attached hydrogen (secondary N) is 1. The molecule has 0 bridgehead atoms. The van der Waals surface area contributed by atoms with Gasteiger partial charge < -0.3 is 4.74 Å². The zero-order chi connectivity index (χ0) is 12.7. The summed E-state index contributed by atoms with van der Waals surface area (Å²) < 4.78 is 30.4. The van der Waals surface area contributed by atoms with Crippen molar-refractivity contribution < 1.29 is 13.2 Å². The summed E-state index contributed by atoms with van der Waals surface area (Å²) in [7, 11) is -1.65. The predicted molar refractivity (Wildman–Crippen MR) is 69.2 cm³/mol. The third kappa shape index (κ3) is 4.93. The van der Waals surface area contributed by atoms with Crippen LogP contribution in [0.1, 0.15) is 5.56 Å². The number of hydrogen-bond acceptors (Lipinski definition) is 3. The molecule has 0 aromatic heterocycles. The third-order valence-electron chi connectivity index (χ3n) is 2.25. The molecule has 6 heteroatoms. The van der Waals surface area contributed by atoms with Crippen molar-refractivity contribution in [2.24, 2.45) is 0 Å². The summed E-state index contributed by atoms with van der Waals surface area (Å²) in [4.78, 5) is 0. The summed E-state index contributed by atoms with van der Waals surface area (Å²) in [6.07, 6.45) is 0.589. The van der Waals surface area contributed by atoms with Gasteiger partial charge in [-0.3, -0.25) is 0 Å². The van der Waals surface area contributed by atoms with Gasteiger partial charge >= 0.3 is 0 Å². The lowest BCUT2D eigenvalue weighted by Crippen LogP contribution is -2.29. The van der Waals surface area contributed by atoms with Crippen molar-refractivity contribution in [3.63, 3.8) is 0 Å². The lowest BCUT2D eigenvalue weighted by molar-refractivity contribution is 0.409. The first kappa shape index (κ1) is 14.3. The van der Waals surface area contributed by atoms with Crippen molar-refractivity contribution in [3.8, 4) is 5.75 Å². The smallest absolute Gasteiger partial charge is 0.212 e. The second-order valence-corrected chi connectivity index (χ2v) is 5.77. The Balaban J connectivity index is 2.51. The van der Waals surface area contributed by atoms with Crippen LogP contribution in [0.25, 0.3) is 0 Å². The Kier molecular flexibility index (Phi) is 5.74. The van der Waals surface area contributed by atoms with E-state index >= 15 is 0 Å². The molecule has 0 aliphatic rings. The number of halogens is 1. The zero-order valence-corrected chi connectivity index (χ0v) is 11.2. The molecule has 0 atom stereocenters. The molecular formula is C11H16ClNO3S. The first-order valence-corrected chi connectivity index (χ1v) is 7.43. The summed E-state index contributed by atoms with van der Waals surface area (Å²) in [6.45, 7) is 0.347. The Hall–Kier alpha value is -0.780. The molecule has 1 aromatic carbocycles. The Bertz CT molecular complexity index is 448. The van der Waals surface area contributed by atoms with Gasteiger partial charge in [-0.25, -0.2) is 13.1 Å². The minimum atomic E-state index is -3.24. The van der Waals surface area contributed by atoms with E-state index in [1.807, 2.05) is 24.3 Å². The van der Waals surface area contributed by atoms with Crippen LogP contribution in [-0.4, -0.2) is 33.7 Å². The highest BCUT2D eigenvalue weighted by Gasteiger charge is 2.09. The topological polar surface area (TPSA) is 55.4 Å². The van der Waals surface area contributed by atoms with E-state index in [0.29, 0.717) is 13.0 Å². The lowest BCUT2D eigenvalue weighted by Gasteiger charge is -2.08. The second-order valence-electron chi connectivity index (χ2n) is 3.46. The normalized spacial score (nSPS) is 11.4. The van der Waals surface area contributed by atoms with Gasteiger partial charge in [0.25, 0.3) is 0 Å². The molecule has 96 valence electrons. The largest absolute Gasteiger partial charge is 0.496 e. The molecule has 0 aliphatic heterocycles. The summed E-state index contributed by atoms with van der Waals surface area (Å²) in [5.74, 6) is 0.814. The average Bonchev–Trinajstić information content (AvgIpc) is 2.29. The van der Waals surface area contributed by atoms with Crippen molar-refractivity contribution in [2.75, 3.05) is 25.3 Å². The summed E-state index contributed by atoms with van der Waals surface area (Å²) in [5.41, 5.74) is 0.976. The van der Waals surface area contributed by atoms with Gasteiger partial charge in [0.1, 0.15) is 5.75 Å². The number of benzene rings is 1. The summed E-state index contributed by atoms with van der Waals surface area (Å²) in [5, 5.41) is 0. The minimum Gasteiger partial charge on any atom is -0.496 e. The van der Waals surface area contributed by atoms with Gasteiger partial charge in [0.2, 0.25) is 10.0 Å². The van der Waals surface area contributed by atoms with Gasteiger partial charge in [-0.1, -0.05) is 18.2 Å². The quantitative estimate of drug-likeness (QED) is 0.767. The van der Waals surface area contributed by atoms with Crippen LogP contribution in [0.5, 0.6) is 5.75 Å². The van der Waals surface area contributed by atoms with Crippen molar-refractivity contribution in [1.82, 2.24) is 4.72 Å². The highest BCUT2D eigenvalue weighted by molar-refractivity contribution is 7.89. The Morgan fingerprint density at radius 1 is 1.35 bits per heavy atom. The van der Waals surface area contributed by atoms with Crippen LogP contribution in [0.3, 0.4) is 0 Å². The standard InChI is InChI=1S/C11H16ClNO3S/c1-16-11-5-3-2-4-10(11)6-8-13-17(14,15)9-7-12/h2-5,13H,6-9H2,1H3. The molecule has 4 nitrogen and oxygen atoms in total. The number of sulfonamides is 1. The Morgan fingerprint density at radius 3 is 2.71 bits per heavy atom. The van der Waals surface area contributed by atoms with Crippen molar-refractivity contribution in [2.45, 2.75) is 6.42 Å². The third-order valence-corrected chi connectivity index (χ3v) is 4.05. The van der Waals surface area contributed by atoms with Gasteiger partial charge in [0.05, 0.1) is 12.9 Å². The Labute approximate surface area is 107 Å². The molecule has 1 rings (SSSR count). The van der Waals surface area contributed by atoms with Gasteiger partial charge in [-0.15, -0.1) is 11.6 Å². The number of para-hydroxylation sites is 1. The second kappa shape index (κ2) is 6.83. The molecule has 1 N–H and O–H groups in total. The van der Waals surface area contributed by atoms with Crippen molar-refractivity contribution in [3.05, 3.63) is 29.8 Å². The maximum absolute atomic E-state index is 11.3. The van der Waals surface area contributed by atoms with E-state index in [9.17, 15) is 8.42 Å². The van der Waals surface area contributed by atoms with Crippen LogP contribution in [-0.2, 0) is 16.4 Å². The highest BCUT2D eigenvalue weighted by Crippen LogP contribution is 2.17. The van der Waals surface area contributed by atoms with E-state index in [2.05, 4.69) is 4.72 Å². The monoisotopic (exact) mass is 277 g/mol. The molecule has 0 aliphatic carbocycles. The maximum atomic E-state index is 11.3. The molecule has 0 saturated heterocycles. The lowest BCUT2D eigenvalue weighted by atomic mass is 10.1. The van der Waals surface area contributed by atoms with Crippen LogP contribution in [0, 0.1) is 0 Å². The molecule has 0 fully saturated rings. The van der Waals surface area contributed by atoms with E-state index in [-0.39, 0.29) is 11.6 Å². The number of rotatable bonds is 7. The number of methoxy groups -OCH3 is 1. The number of hydrogen-bond donors (Lipinski definition) is 1. The number of ether oxygens (including phenoxy) is 1. The van der Waals surface area contributed by atoms with E-state index in [0.717, 1.165) is 11.3 Å². The highest BCUT2D eigenvalue weighted by atomic mass is 35.5. The van der Waals surface area contributed by atoms with Gasteiger partial charge in [0, 0.05) is 12.4 Å². The molecule has 0 amide bonds. The fourth-order valence-electron chi connectivity index (χ4n) is 1.42. The fourth-order valence-corrected chi connectivity index (χ4v) is 2.79. The van der Waals surface area contributed by atoms with E-state index in [4.69, 9.17) is 16.3 Å². The molecule has 17 heavy (non-hydrogen) atoms. The van der Waals surface area contributed by atoms with Crippen LogP contribution >= 0.6 is 11.6 Å². The summed E-state index contributed by atoms with van der Waals surface area (Å²) in [6, 6.07) is 7.53. The molecule has 0 heterocycles. The van der Waals surface area contributed by atoms with Gasteiger partial charge in [-0.05, 0) is 18.1 Å².